The van der Waals surface area contributed by atoms with Crippen LogP contribution in [-0.2, 0) is 0 Å². The lowest BCUT2D eigenvalue weighted by Gasteiger charge is -2.23. The van der Waals surface area contributed by atoms with Crippen molar-refractivity contribution >= 4 is 12.2 Å². The highest BCUT2D eigenvalue weighted by molar-refractivity contribution is 5.70. The van der Waals surface area contributed by atoms with Gasteiger partial charge in [-0.25, -0.2) is 0 Å². The third kappa shape index (κ3) is 6.18. The van der Waals surface area contributed by atoms with Crippen LogP contribution < -0.4 is 10.1 Å². The molecule has 0 radical (unpaired) electrons. The van der Waals surface area contributed by atoms with E-state index < -0.39 is 6.10 Å². The number of aliphatic hydroxyl groups excluding tert-OH is 1. The van der Waals surface area contributed by atoms with Gasteiger partial charge in [0, 0.05) is 23.7 Å². The van der Waals surface area contributed by atoms with Crippen molar-refractivity contribution in [3.05, 3.63) is 47.3 Å². The Morgan fingerprint density at radius 2 is 2.04 bits per heavy atom. The van der Waals surface area contributed by atoms with E-state index in [1.54, 1.807) is 0 Å². The zero-order valence-corrected chi connectivity index (χ0v) is 14.7. The monoisotopic (exact) mass is 330 g/mol. The summed E-state index contributed by atoms with van der Waals surface area (Å²) in [5, 5.41) is 17.2. The summed E-state index contributed by atoms with van der Waals surface area (Å²) in [7, 11) is 0. The summed E-state index contributed by atoms with van der Waals surface area (Å²) in [4.78, 5) is 0. The number of aliphatic hydroxyl groups is 1. The molecule has 0 amide bonds. The number of hydrogen-bond donors (Lipinski definition) is 2. The highest BCUT2D eigenvalue weighted by Gasteiger charge is 2.13. The molecular formula is C19H26N2O3. The molecule has 1 atom stereocenters. The van der Waals surface area contributed by atoms with Gasteiger partial charge in [-0.2, -0.15) is 0 Å². The number of nitrogens with zero attached hydrogens (tertiary/aromatic N) is 1. The van der Waals surface area contributed by atoms with Gasteiger partial charge in [-0.15, -0.1) is 0 Å². The second-order valence-electron chi connectivity index (χ2n) is 6.84. The molecule has 0 aliphatic heterocycles. The first-order valence-corrected chi connectivity index (χ1v) is 8.10. The van der Waals surface area contributed by atoms with Gasteiger partial charge >= 0.3 is 0 Å². The largest absolute Gasteiger partial charge is 0.490 e. The van der Waals surface area contributed by atoms with Gasteiger partial charge in [0.15, 0.2) is 5.76 Å². The second-order valence-corrected chi connectivity index (χ2v) is 6.84. The maximum atomic E-state index is 10.0. The van der Waals surface area contributed by atoms with Crippen LogP contribution in [0.15, 0.2) is 34.9 Å². The van der Waals surface area contributed by atoms with E-state index in [2.05, 4.69) is 31.2 Å². The number of para-hydroxylation sites is 1. The number of rotatable bonds is 7. The van der Waals surface area contributed by atoms with Crippen molar-refractivity contribution in [3.63, 3.8) is 0 Å². The molecule has 1 heterocycles. The van der Waals surface area contributed by atoms with Gasteiger partial charge in [0.2, 0.25) is 0 Å². The minimum absolute atomic E-state index is 0.0309. The molecule has 1 aromatic carbocycles. The summed E-state index contributed by atoms with van der Waals surface area (Å²) in [5.74, 6) is 1.41. The lowest BCUT2D eigenvalue weighted by atomic mass is 10.1. The standard InChI is InChI=1S/C19H26N2O3/c1-14-11-17(24-21-14)10-9-15-7-5-6-8-18(15)23-13-16(22)12-20-19(2,3)4/h5-11,16,20,22H,12-13H2,1-4H3/b10-9-/t16-/m1/s1. The van der Waals surface area contributed by atoms with Crippen molar-refractivity contribution < 1.29 is 14.4 Å². The van der Waals surface area contributed by atoms with E-state index >= 15 is 0 Å². The Morgan fingerprint density at radius 3 is 2.71 bits per heavy atom. The van der Waals surface area contributed by atoms with E-state index in [9.17, 15) is 5.11 Å². The normalized spacial score (nSPS) is 13.4. The van der Waals surface area contributed by atoms with Gasteiger partial charge in [0.1, 0.15) is 18.5 Å². The average Bonchev–Trinajstić information content (AvgIpc) is 2.94. The van der Waals surface area contributed by atoms with Gasteiger partial charge in [0.05, 0.1) is 5.69 Å². The lowest BCUT2D eigenvalue weighted by molar-refractivity contribution is 0.0999. The van der Waals surface area contributed by atoms with Gasteiger partial charge in [0.25, 0.3) is 0 Å². The van der Waals surface area contributed by atoms with E-state index in [4.69, 9.17) is 9.26 Å². The Balaban J connectivity index is 1.95. The molecule has 2 rings (SSSR count). The average molecular weight is 330 g/mol. The summed E-state index contributed by atoms with van der Waals surface area (Å²) in [5.41, 5.74) is 1.73. The molecule has 0 aliphatic carbocycles. The molecule has 1 aromatic heterocycles. The molecular weight excluding hydrogens is 304 g/mol. The van der Waals surface area contributed by atoms with Crippen molar-refractivity contribution in [2.24, 2.45) is 0 Å². The SMILES string of the molecule is Cc1cc(/C=C\c2ccccc2OC[C@H](O)CNC(C)(C)C)on1. The molecule has 5 nitrogen and oxygen atoms in total. The quantitative estimate of drug-likeness (QED) is 0.815. The minimum Gasteiger partial charge on any atom is -0.490 e. The van der Waals surface area contributed by atoms with E-state index in [1.807, 2.05) is 49.4 Å². The molecule has 2 N–H and O–H groups in total. The van der Waals surface area contributed by atoms with Gasteiger partial charge in [-0.3, -0.25) is 0 Å². The van der Waals surface area contributed by atoms with Crippen molar-refractivity contribution in [2.45, 2.75) is 39.3 Å². The predicted octanol–water partition coefficient (Wildman–Crippen LogP) is 3.28. The molecule has 0 saturated heterocycles. The molecule has 24 heavy (non-hydrogen) atoms. The van der Waals surface area contributed by atoms with Crippen molar-refractivity contribution in [2.75, 3.05) is 13.2 Å². The Kier molecular flexibility index (Phi) is 6.17. The van der Waals surface area contributed by atoms with Crippen LogP contribution in [0.3, 0.4) is 0 Å². The summed E-state index contributed by atoms with van der Waals surface area (Å²) >= 11 is 0. The predicted molar refractivity (Wildman–Crippen MR) is 95.9 cm³/mol. The summed E-state index contributed by atoms with van der Waals surface area (Å²) in [6.45, 7) is 8.78. The van der Waals surface area contributed by atoms with E-state index in [-0.39, 0.29) is 12.1 Å². The third-order valence-corrected chi connectivity index (χ3v) is 3.29. The van der Waals surface area contributed by atoms with Crippen molar-refractivity contribution in [3.8, 4) is 5.75 Å². The molecule has 0 spiro atoms. The third-order valence-electron chi connectivity index (χ3n) is 3.29. The number of aromatic nitrogens is 1. The number of aryl methyl sites for hydroxylation is 1. The van der Waals surface area contributed by atoms with Crippen LogP contribution in [0.2, 0.25) is 0 Å². The Morgan fingerprint density at radius 1 is 1.29 bits per heavy atom. The first kappa shape index (κ1) is 18.2. The lowest BCUT2D eigenvalue weighted by Crippen LogP contribution is -2.42. The zero-order valence-electron chi connectivity index (χ0n) is 14.7. The molecule has 0 bridgehead atoms. The molecule has 0 fully saturated rings. The van der Waals surface area contributed by atoms with Gasteiger partial charge in [-0.05, 0) is 45.9 Å². The zero-order chi connectivity index (χ0) is 17.6. The van der Waals surface area contributed by atoms with Gasteiger partial charge in [-0.1, -0.05) is 23.4 Å². The number of β-amino-alcohol motifs (C(OH)–C–C–N with tert-alkyl or cyclic N) is 1. The van der Waals surface area contributed by atoms with E-state index in [0.717, 1.165) is 17.0 Å². The smallest absolute Gasteiger partial charge is 0.159 e. The molecule has 130 valence electrons. The Hall–Kier alpha value is -2.11. The fraction of sp³-hybridized carbons (Fsp3) is 0.421. The van der Waals surface area contributed by atoms with Crippen molar-refractivity contribution in [1.29, 1.82) is 0 Å². The first-order valence-electron chi connectivity index (χ1n) is 8.10. The fourth-order valence-corrected chi connectivity index (χ4v) is 2.05. The summed E-state index contributed by atoms with van der Waals surface area (Å²) < 4.78 is 10.9. The molecule has 5 heteroatoms. The summed E-state index contributed by atoms with van der Waals surface area (Å²) in [6.07, 6.45) is 3.19. The Bertz CT molecular complexity index is 671. The number of nitrogens with one attached hydrogen (secondary N) is 1. The van der Waals surface area contributed by atoms with Crippen LogP contribution in [-0.4, -0.2) is 35.1 Å². The minimum atomic E-state index is -0.571. The Labute approximate surface area is 143 Å². The molecule has 0 unspecified atom stereocenters. The number of ether oxygens (including phenoxy) is 1. The van der Waals surface area contributed by atoms with Crippen LogP contribution in [0.25, 0.3) is 12.2 Å². The van der Waals surface area contributed by atoms with Crippen LogP contribution in [0, 0.1) is 6.92 Å². The van der Waals surface area contributed by atoms with Crippen LogP contribution in [0.4, 0.5) is 0 Å². The maximum Gasteiger partial charge on any atom is 0.159 e. The second kappa shape index (κ2) is 8.13. The molecule has 2 aromatic rings. The first-order chi connectivity index (χ1) is 11.3. The summed E-state index contributed by atoms with van der Waals surface area (Å²) in [6, 6.07) is 9.55. The molecule has 0 aliphatic rings. The van der Waals surface area contributed by atoms with Crippen LogP contribution >= 0.6 is 0 Å². The number of hydrogen-bond acceptors (Lipinski definition) is 5. The fourth-order valence-electron chi connectivity index (χ4n) is 2.05. The number of benzene rings is 1. The highest BCUT2D eigenvalue weighted by Crippen LogP contribution is 2.21. The molecule has 0 saturated carbocycles. The van der Waals surface area contributed by atoms with Crippen LogP contribution in [0.5, 0.6) is 5.75 Å². The topological polar surface area (TPSA) is 67.5 Å². The van der Waals surface area contributed by atoms with E-state index in [1.165, 1.54) is 0 Å². The van der Waals surface area contributed by atoms with Gasteiger partial charge < -0.3 is 19.7 Å². The van der Waals surface area contributed by atoms with E-state index in [0.29, 0.717) is 12.3 Å². The maximum absolute atomic E-state index is 10.0. The van der Waals surface area contributed by atoms with Crippen LogP contribution in [0.1, 0.15) is 37.8 Å². The highest BCUT2D eigenvalue weighted by atomic mass is 16.5. The van der Waals surface area contributed by atoms with Crippen molar-refractivity contribution in [1.82, 2.24) is 10.5 Å².